The fourth-order valence-electron chi connectivity index (χ4n) is 2.12. The summed E-state index contributed by atoms with van der Waals surface area (Å²) < 4.78 is 0. The second kappa shape index (κ2) is 8.98. The summed E-state index contributed by atoms with van der Waals surface area (Å²) in [4.78, 5) is 44.1. The van der Waals surface area contributed by atoms with Crippen LogP contribution >= 0.6 is 0 Å². The fourth-order valence-corrected chi connectivity index (χ4v) is 2.12. The van der Waals surface area contributed by atoms with Crippen LogP contribution in [0.15, 0.2) is 53.6 Å². The molecule has 0 saturated carbocycles. The second-order valence-corrected chi connectivity index (χ2v) is 5.62. The molecule has 2 amide bonds. The van der Waals surface area contributed by atoms with E-state index in [4.69, 9.17) is 0 Å². The molecule has 0 atom stereocenters. The minimum Gasteiger partial charge on any atom is -0.326 e. The predicted octanol–water partition coefficient (Wildman–Crippen LogP) is 2.64. The Bertz CT molecular complexity index is 955. The molecule has 11 heteroatoms. The van der Waals surface area contributed by atoms with Crippen molar-refractivity contribution in [1.29, 1.82) is 0 Å². The van der Waals surface area contributed by atoms with Crippen LogP contribution in [0.5, 0.6) is 0 Å². The number of nitro benzene ring substituents is 2. The van der Waals surface area contributed by atoms with Crippen molar-refractivity contribution in [3.05, 3.63) is 74.3 Å². The second-order valence-electron chi connectivity index (χ2n) is 5.62. The number of amides is 2. The van der Waals surface area contributed by atoms with E-state index in [0.717, 1.165) is 0 Å². The van der Waals surface area contributed by atoms with Gasteiger partial charge in [-0.2, -0.15) is 5.10 Å². The van der Waals surface area contributed by atoms with Gasteiger partial charge in [-0.1, -0.05) is 6.07 Å². The predicted molar refractivity (Wildman–Crippen MR) is 100 cm³/mol. The maximum absolute atomic E-state index is 12.0. The fraction of sp³-hybridized carbons (Fsp3) is 0.118. The Morgan fingerprint density at radius 1 is 1.00 bits per heavy atom. The summed E-state index contributed by atoms with van der Waals surface area (Å²) in [6.07, 6.45) is -0.150. The van der Waals surface area contributed by atoms with Gasteiger partial charge in [-0.15, -0.1) is 0 Å². The molecule has 28 heavy (non-hydrogen) atoms. The van der Waals surface area contributed by atoms with Gasteiger partial charge in [0.05, 0.1) is 16.3 Å². The molecule has 0 aromatic heterocycles. The van der Waals surface area contributed by atoms with E-state index in [0.29, 0.717) is 0 Å². The lowest BCUT2D eigenvalue weighted by atomic mass is 10.2. The van der Waals surface area contributed by atoms with E-state index in [2.05, 4.69) is 15.8 Å². The normalized spacial score (nSPS) is 10.8. The van der Waals surface area contributed by atoms with Gasteiger partial charge in [-0.3, -0.25) is 29.8 Å². The first kappa shape index (κ1) is 20.2. The van der Waals surface area contributed by atoms with Gasteiger partial charge in [0.1, 0.15) is 0 Å². The lowest BCUT2D eigenvalue weighted by Gasteiger charge is -2.05. The first-order valence-electron chi connectivity index (χ1n) is 7.88. The van der Waals surface area contributed by atoms with Gasteiger partial charge in [0, 0.05) is 41.2 Å². The molecule has 11 nitrogen and oxygen atoms in total. The third kappa shape index (κ3) is 5.69. The molecule has 0 aliphatic rings. The number of hydrogen-bond donors (Lipinski definition) is 2. The summed E-state index contributed by atoms with van der Waals surface area (Å²) in [5.74, 6) is -1.06. The topological polar surface area (TPSA) is 157 Å². The summed E-state index contributed by atoms with van der Waals surface area (Å²) in [7, 11) is 0. The van der Waals surface area contributed by atoms with Gasteiger partial charge in [0.2, 0.25) is 5.91 Å². The summed E-state index contributed by atoms with van der Waals surface area (Å²) >= 11 is 0. The molecule has 0 spiro atoms. The van der Waals surface area contributed by atoms with E-state index >= 15 is 0 Å². The highest BCUT2D eigenvalue weighted by Gasteiger charge is 2.11. The monoisotopic (exact) mass is 385 g/mol. The van der Waals surface area contributed by atoms with Crippen molar-refractivity contribution in [3.63, 3.8) is 0 Å². The quantitative estimate of drug-likeness (QED) is 0.424. The van der Waals surface area contributed by atoms with Crippen LogP contribution < -0.4 is 10.7 Å². The molecule has 0 aliphatic carbocycles. The molecule has 0 bridgehead atoms. The van der Waals surface area contributed by atoms with Crippen LogP contribution in [0.4, 0.5) is 17.1 Å². The van der Waals surface area contributed by atoms with E-state index in [9.17, 15) is 29.8 Å². The van der Waals surface area contributed by atoms with E-state index in [-0.39, 0.29) is 34.8 Å². The van der Waals surface area contributed by atoms with E-state index in [1.165, 1.54) is 55.5 Å². The van der Waals surface area contributed by atoms with E-state index in [1.54, 1.807) is 0 Å². The van der Waals surface area contributed by atoms with Gasteiger partial charge >= 0.3 is 0 Å². The lowest BCUT2D eigenvalue weighted by Crippen LogP contribution is -2.21. The summed E-state index contributed by atoms with van der Waals surface area (Å²) in [6, 6.07) is 10.4. The zero-order valence-corrected chi connectivity index (χ0v) is 14.6. The van der Waals surface area contributed by atoms with Crippen molar-refractivity contribution in [2.24, 2.45) is 5.10 Å². The number of hydrazone groups is 1. The number of non-ortho nitro benzene ring substituents is 2. The number of benzene rings is 2. The molecule has 2 aromatic rings. The Labute approximate surface area is 158 Å². The zero-order valence-electron chi connectivity index (χ0n) is 14.6. The first-order chi connectivity index (χ1) is 13.3. The van der Waals surface area contributed by atoms with Crippen molar-refractivity contribution in [3.8, 4) is 0 Å². The number of nitro groups is 2. The summed E-state index contributed by atoms with van der Waals surface area (Å²) in [5.41, 5.74) is 2.68. The first-order valence-corrected chi connectivity index (χ1v) is 7.88. The third-order valence-corrected chi connectivity index (χ3v) is 3.45. The maximum Gasteiger partial charge on any atom is 0.271 e. The van der Waals surface area contributed by atoms with Crippen LogP contribution in [0.2, 0.25) is 0 Å². The molecule has 0 aliphatic heterocycles. The molecule has 0 radical (unpaired) electrons. The number of carbonyl (C=O) groups excluding carboxylic acids is 2. The van der Waals surface area contributed by atoms with Crippen molar-refractivity contribution in [1.82, 2.24) is 5.43 Å². The van der Waals surface area contributed by atoms with Crippen molar-refractivity contribution in [2.45, 2.75) is 13.3 Å². The Morgan fingerprint density at radius 3 is 2.25 bits per heavy atom. The standard InChI is InChI=1S/C17H15N5O6/c1-11(9-16(23)18-13-3-2-4-15(10-13)22(27)28)19-20-17(24)12-5-7-14(8-6-12)21(25)26/h2-8,10H,9H2,1H3,(H,18,23)(H,20,24)/b19-11+. The van der Waals surface area contributed by atoms with Crippen LogP contribution in [-0.4, -0.2) is 27.4 Å². The minimum absolute atomic E-state index is 0.144. The zero-order chi connectivity index (χ0) is 20.7. The maximum atomic E-state index is 12.0. The molecule has 2 N–H and O–H groups in total. The Kier molecular flexibility index (Phi) is 6.47. The molecule has 0 fully saturated rings. The smallest absolute Gasteiger partial charge is 0.271 e. The average Bonchev–Trinajstić information content (AvgIpc) is 2.66. The Hall–Kier alpha value is -4.15. The molecule has 0 saturated heterocycles. The minimum atomic E-state index is -0.589. The number of anilines is 1. The van der Waals surface area contributed by atoms with Crippen molar-refractivity contribution in [2.75, 3.05) is 5.32 Å². The highest BCUT2D eigenvalue weighted by Crippen LogP contribution is 2.17. The molecular weight excluding hydrogens is 370 g/mol. The van der Waals surface area contributed by atoms with Crippen LogP contribution in [0, 0.1) is 20.2 Å². The number of nitrogens with zero attached hydrogens (tertiary/aromatic N) is 3. The van der Waals surface area contributed by atoms with Gasteiger partial charge in [0.25, 0.3) is 17.3 Å². The van der Waals surface area contributed by atoms with E-state index in [1.807, 2.05) is 0 Å². The van der Waals surface area contributed by atoms with Gasteiger partial charge in [-0.25, -0.2) is 5.43 Å². The van der Waals surface area contributed by atoms with Crippen LogP contribution in [0.1, 0.15) is 23.7 Å². The van der Waals surface area contributed by atoms with Crippen molar-refractivity contribution < 1.29 is 19.4 Å². The van der Waals surface area contributed by atoms with Gasteiger partial charge < -0.3 is 5.32 Å². The summed E-state index contributed by atoms with van der Waals surface area (Å²) in [6.45, 7) is 1.52. The number of hydrogen-bond acceptors (Lipinski definition) is 7. The number of carbonyl (C=O) groups is 2. The Morgan fingerprint density at radius 2 is 1.64 bits per heavy atom. The van der Waals surface area contributed by atoms with Crippen LogP contribution in [0.3, 0.4) is 0 Å². The number of nitrogens with one attached hydrogen (secondary N) is 2. The van der Waals surface area contributed by atoms with Crippen LogP contribution in [0.25, 0.3) is 0 Å². The molecule has 2 aromatic carbocycles. The molecule has 0 unspecified atom stereocenters. The van der Waals surface area contributed by atoms with Crippen LogP contribution in [-0.2, 0) is 4.79 Å². The molecule has 0 heterocycles. The third-order valence-electron chi connectivity index (χ3n) is 3.45. The van der Waals surface area contributed by atoms with Gasteiger partial charge in [0.15, 0.2) is 0 Å². The number of rotatable bonds is 7. The highest BCUT2D eigenvalue weighted by atomic mass is 16.6. The SMILES string of the molecule is C/C(CC(=O)Nc1cccc([N+](=O)[O-])c1)=N\NC(=O)c1ccc([N+](=O)[O-])cc1. The lowest BCUT2D eigenvalue weighted by molar-refractivity contribution is -0.385. The Balaban J connectivity index is 1.91. The largest absolute Gasteiger partial charge is 0.326 e. The van der Waals surface area contributed by atoms with Crippen molar-refractivity contribution >= 4 is 34.6 Å². The van der Waals surface area contributed by atoms with E-state index < -0.39 is 21.7 Å². The molecule has 2 rings (SSSR count). The average molecular weight is 385 g/mol. The molecule has 144 valence electrons. The highest BCUT2D eigenvalue weighted by molar-refractivity contribution is 6.06. The summed E-state index contributed by atoms with van der Waals surface area (Å²) in [5, 5.41) is 27.6. The molecular formula is C17H15N5O6. The van der Waals surface area contributed by atoms with Gasteiger partial charge in [-0.05, 0) is 25.1 Å².